The molecule has 98 valence electrons. The maximum Gasteiger partial charge on any atom is 0.353 e. The second-order valence-electron chi connectivity index (χ2n) is 3.91. The van der Waals surface area contributed by atoms with Gasteiger partial charge in [-0.2, -0.15) is 5.10 Å². The number of carbonyl (C=O) groups excluding carboxylic acids is 1. The molecule has 1 aromatic carbocycles. The molecule has 19 heavy (non-hydrogen) atoms. The average molecular weight is 263 g/mol. The molecule has 1 amide bonds. The number of anilines is 1. The second kappa shape index (κ2) is 4.89. The maximum atomic E-state index is 13.5. The van der Waals surface area contributed by atoms with E-state index in [0.717, 1.165) is 11.6 Å². The van der Waals surface area contributed by atoms with E-state index in [1.165, 1.54) is 12.1 Å². The number of benzene rings is 1. The number of hydrogen-bond acceptors (Lipinski definition) is 3. The van der Waals surface area contributed by atoms with Crippen molar-refractivity contribution in [2.75, 3.05) is 5.32 Å². The van der Waals surface area contributed by atoms with Crippen LogP contribution in [-0.2, 0) is 0 Å². The summed E-state index contributed by atoms with van der Waals surface area (Å²) in [6.07, 6.45) is 0. The van der Waals surface area contributed by atoms with Crippen molar-refractivity contribution < 1.29 is 19.1 Å². The molecule has 0 saturated heterocycles. The largest absolute Gasteiger partial charge is 0.477 e. The molecular formula is C12H10FN3O3. The number of carboxylic acid groups (broad SMARTS) is 1. The minimum absolute atomic E-state index is 0.0170. The molecule has 0 spiro atoms. The molecule has 1 heterocycles. The zero-order valence-electron chi connectivity index (χ0n) is 9.90. The topological polar surface area (TPSA) is 95.1 Å². The summed E-state index contributed by atoms with van der Waals surface area (Å²) in [6, 6.07) is 5.28. The number of amides is 1. The number of rotatable bonds is 3. The first-order chi connectivity index (χ1) is 8.97. The summed E-state index contributed by atoms with van der Waals surface area (Å²) in [5.41, 5.74) is 0.444. The number of nitrogens with zero attached hydrogens (tertiary/aromatic N) is 1. The van der Waals surface area contributed by atoms with E-state index in [0.29, 0.717) is 0 Å². The first-order valence-electron chi connectivity index (χ1n) is 5.33. The van der Waals surface area contributed by atoms with Crippen LogP contribution in [0.2, 0.25) is 0 Å². The number of aromatic carboxylic acids is 1. The lowest BCUT2D eigenvalue weighted by Crippen LogP contribution is -2.14. The standard InChI is InChI=1S/C12H10FN3O3/c1-6-2-3-8(13)7(4-6)11(17)14-10-5-9(12(18)19)15-16-10/h2-5H,1H3,(H,18,19)(H2,14,15,16,17). The van der Waals surface area contributed by atoms with Crippen molar-refractivity contribution in [2.45, 2.75) is 6.92 Å². The van der Waals surface area contributed by atoms with Gasteiger partial charge >= 0.3 is 5.97 Å². The third kappa shape index (κ3) is 2.76. The number of hydrogen-bond donors (Lipinski definition) is 3. The number of nitrogens with one attached hydrogen (secondary N) is 2. The van der Waals surface area contributed by atoms with Gasteiger partial charge in [0.25, 0.3) is 5.91 Å². The molecule has 0 saturated carbocycles. The minimum Gasteiger partial charge on any atom is -0.477 e. The second-order valence-corrected chi connectivity index (χ2v) is 3.91. The van der Waals surface area contributed by atoms with Crippen molar-refractivity contribution in [3.63, 3.8) is 0 Å². The number of aromatic nitrogens is 2. The minimum atomic E-state index is -1.20. The van der Waals surface area contributed by atoms with E-state index in [1.54, 1.807) is 13.0 Å². The highest BCUT2D eigenvalue weighted by atomic mass is 19.1. The summed E-state index contributed by atoms with van der Waals surface area (Å²) < 4.78 is 13.5. The molecular weight excluding hydrogens is 253 g/mol. The smallest absolute Gasteiger partial charge is 0.353 e. The van der Waals surface area contributed by atoms with E-state index in [-0.39, 0.29) is 17.1 Å². The molecule has 2 rings (SSSR count). The Bertz CT molecular complexity index is 651. The summed E-state index contributed by atoms with van der Waals surface area (Å²) in [7, 11) is 0. The quantitative estimate of drug-likeness (QED) is 0.787. The molecule has 0 unspecified atom stereocenters. The molecule has 0 aliphatic carbocycles. The van der Waals surface area contributed by atoms with Gasteiger partial charge in [-0.1, -0.05) is 11.6 Å². The van der Waals surface area contributed by atoms with Crippen molar-refractivity contribution in [2.24, 2.45) is 0 Å². The SMILES string of the molecule is Cc1ccc(F)c(C(=O)Nc2cc(C(=O)O)[nH]n2)c1. The van der Waals surface area contributed by atoms with Gasteiger partial charge in [-0.25, -0.2) is 9.18 Å². The van der Waals surface area contributed by atoms with Gasteiger partial charge < -0.3 is 10.4 Å². The molecule has 0 radical (unpaired) electrons. The summed E-state index contributed by atoms with van der Waals surface area (Å²) in [5.74, 6) is -2.53. The molecule has 6 nitrogen and oxygen atoms in total. The van der Waals surface area contributed by atoms with Crippen LogP contribution in [0.1, 0.15) is 26.4 Å². The van der Waals surface area contributed by atoms with Gasteiger partial charge in [-0.15, -0.1) is 0 Å². The van der Waals surface area contributed by atoms with Crippen molar-refractivity contribution in [3.8, 4) is 0 Å². The van der Waals surface area contributed by atoms with Gasteiger partial charge in [-0.3, -0.25) is 9.89 Å². The van der Waals surface area contributed by atoms with E-state index >= 15 is 0 Å². The fourth-order valence-corrected chi connectivity index (χ4v) is 1.49. The summed E-state index contributed by atoms with van der Waals surface area (Å²) in [6.45, 7) is 1.73. The van der Waals surface area contributed by atoms with Gasteiger partial charge in [-0.05, 0) is 19.1 Å². The van der Waals surface area contributed by atoms with E-state index in [2.05, 4.69) is 15.5 Å². The average Bonchev–Trinajstić information content (AvgIpc) is 2.80. The zero-order valence-corrected chi connectivity index (χ0v) is 9.90. The summed E-state index contributed by atoms with van der Waals surface area (Å²) >= 11 is 0. The molecule has 0 aliphatic rings. The third-order valence-corrected chi connectivity index (χ3v) is 2.42. The van der Waals surface area contributed by atoms with Crippen molar-refractivity contribution in [3.05, 3.63) is 46.9 Å². The lowest BCUT2D eigenvalue weighted by Gasteiger charge is -2.04. The number of carbonyl (C=O) groups is 2. The highest BCUT2D eigenvalue weighted by molar-refractivity contribution is 6.04. The van der Waals surface area contributed by atoms with Crippen LogP contribution in [0.15, 0.2) is 24.3 Å². The molecule has 3 N–H and O–H groups in total. The van der Waals surface area contributed by atoms with Crippen LogP contribution in [0.25, 0.3) is 0 Å². The molecule has 0 bridgehead atoms. The number of aryl methyl sites for hydroxylation is 1. The van der Waals surface area contributed by atoms with Gasteiger partial charge in [0.1, 0.15) is 11.5 Å². The Morgan fingerprint density at radius 2 is 2.11 bits per heavy atom. The van der Waals surface area contributed by atoms with Gasteiger partial charge in [0, 0.05) is 6.07 Å². The highest BCUT2D eigenvalue weighted by Gasteiger charge is 2.14. The van der Waals surface area contributed by atoms with E-state index in [9.17, 15) is 14.0 Å². The van der Waals surface area contributed by atoms with Crippen LogP contribution in [0, 0.1) is 12.7 Å². The van der Waals surface area contributed by atoms with Crippen molar-refractivity contribution in [1.82, 2.24) is 10.2 Å². The molecule has 2 aromatic rings. The van der Waals surface area contributed by atoms with Crippen molar-refractivity contribution >= 4 is 17.7 Å². The molecule has 7 heteroatoms. The Morgan fingerprint density at radius 3 is 2.74 bits per heavy atom. The number of halogens is 1. The van der Waals surface area contributed by atoms with Crippen LogP contribution in [0.5, 0.6) is 0 Å². The Balaban J connectivity index is 2.20. The van der Waals surface area contributed by atoms with Crippen LogP contribution in [0.4, 0.5) is 10.2 Å². The monoisotopic (exact) mass is 263 g/mol. The van der Waals surface area contributed by atoms with Crippen LogP contribution < -0.4 is 5.32 Å². The number of H-pyrrole nitrogens is 1. The first-order valence-corrected chi connectivity index (χ1v) is 5.33. The highest BCUT2D eigenvalue weighted by Crippen LogP contribution is 2.13. The van der Waals surface area contributed by atoms with E-state index in [4.69, 9.17) is 5.11 Å². The van der Waals surface area contributed by atoms with Gasteiger partial charge in [0.05, 0.1) is 5.56 Å². The molecule has 0 atom stereocenters. The molecule has 0 fully saturated rings. The Labute approximate surface area is 107 Å². The summed E-state index contributed by atoms with van der Waals surface area (Å²) in [5, 5.41) is 16.8. The van der Waals surface area contributed by atoms with Gasteiger partial charge in [0.15, 0.2) is 5.82 Å². The first kappa shape index (κ1) is 12.7. The summed E-state index contributed by atoms with van der Waals surface area (Å²) in [4.78, 5) is 22.4. The van der Waals surface area contributed by atoms with E-state index < -0.39 is 17.7 Å². The predicted octanol–water partition coefficient (Wildman–Crippen LogP) is 1.81. The Hall–Kier alpha value is -2.70. The predicted molar refractivity (Wildman–Crippen MR) is 64.6 cm³/mol. The van der Waals surface area contributed by atoms with Crippen molar-refractivity contribution in [1.29, 1.82) is 0 Å². The van der Waals surface area contributed by atoms with E-state index in [1.807, 2.05) is 0 Å². The Morgan fingerprint density at radius 1 is 1.37 bits per heavy atom. The fourth-order valence-electron chi connectivity index (χ4n) is 1.49. The van der Waals surface area contributed by atoms with Crippen LogP contribution in [0.3, 0.4) is 0 Å². The van der Waals surface area contributed by atoms with Crippen LogP contribution in [-0.4, -0.2) is 27.2 Å². The normalized spacial score (nSPS) is 10.2. The maximum absolute atomic E-state index is 13.5. The van der Waals surface area contributed by atoms with Crippen LogP contribution >= 0.6 is 0 Å². The van der Waals surface area contributed by atoms with Gasteiger partial charge in [0.2, 0.25) is 0 Å². The fraction of sp³-hybridized carbons (Fsp3) is 0.0833. The third-order valence-electron chi connectivity index (χ3n) is 2.42. The Kier molecular flexibility index (Phi) is 3.28. The zero-order chi connectivity index (χ0) is 14.0. The number of aromatic amines is 1. The number of carboxylic acids is 1. The lowest BCUT2D eigenvalue weighted by molar-refractivity contribution is 0.0690. The lowest BCUT2D eigenvalue weighted by atomic mass is 10.1. The molecule has 0 aliphatic heterocycles. The molecule has 1 aromatic heterocycles.